The maximum atomic E-state index is 6.08. The lowest BCUT2D eigenvalue weighted by atomic mass is 10.2. The number of aromatic nitrogens is 2. The summed E-state index contributed by atoms with van der Waals surface area (Å²) >= 11 is 6.08. The first-order valence-electron chi connectivity index (χ1n) is 6.60. The number of halogens is 1. The Labute approximate surface area is 120 Å². The average molecular weight is 287 g/mol. The molecule has 1 heterocycles. The summed E-state index contributed by atoms with van der Waals surface area (Å²) in [7, 11) is 4.06. The summed E-state index contributed by atoms with van der Waals surface area (Å²) in [6.07, 6.45) is 3.38. The second-order valence-corrected chi connectivity index (χ2v) is 4.94. The van der Waals surface area contributed by atoms with Gasteiger partial charge in [0.25, 0.3) is 0 Å². The first-order chi connectivity index (χ1) is 9.15. The van der Waals surface area contributed by atoms with Gasteiger partial charge in [0.1, 0.15) is 17.3 Å². The highest BCUT2D eigenvalue weighted by Crippen LogP contribution is 2.20. The lowest BCUT2D eigenvalue weighted by molar-refractivity contribution is 0.126. The standard InChI is InChI=1S/C13H23ClN4O/c1-4-5-11-12(14)16-10-17-13(11)15-6-8-19-9-7-18(2)3/h10H,4-9H2,1-3H3,(H,15,16,17). The van der Waals surface area contributed by atoms with Gasteiger partial charge in [-0.15, -0.1) is 0 Å². The van der Waals surface area contributed by atoms with Gasteiger partial charge in [-0.25, -0.2) is 9.97 Å². The molecule has 0 aliphatic heterocycles. The van der Waals surface area contributed by atoms with Crippen LogP contribution in [0.5, 0.6) is 0 Å². The van der Waals surface area contributed by atoms with Crippen LogP contribution in [0, 0.1) is 0 Å². The predicted molar refractivity (Wildman–Crippen MR) is 78.9 cm³/mol. The fraction of sp³-hybridized carbons (Fsp3) is 0.692. The first-order valence-corrected chi connectivity index (χ1v) is 6.98. The van der Waals surface area contributed by atoms with Crippen LogP contribution in [0.4, 0.5) is 5.82 Å². The zero-order chi connectivity index (χ0) is 14.1. The molecule has 0 aliphatic carbocycles. The average Bonchev–Trinajstić information content (AvgIpc) is 2.37. The first kappa shape index (κ1) is 16.1. The Kier molecular flexibility index (Phi) is 7.70. The summed E-state index contributed by atoms with van der Waals surface area (Å²) in [5.41, 5.74) is 0.986. The van der Waals surface area contributed by atoms with Crippen molar-refractivity contribution in [3.63, 3.8) is 0 Å². The van der Waals surface area contributed by atoms with E-state index in [1.807, 2.05) is 14.1 Å². The molecule has 1 aromatic rings. The number of hydrogen-bond donors (Lipinski definition) is 1. The van der Waals surface area contributed by atoms with E-state index in [9.17, 15) is 0 Å². The highest BCUT2D eigenvalue weighted by Gasteiger charge is 2.08. The number of nitrogens with zero attached hydrogens (tertiary/aromatic N) is 3. The van der Waals surface area contributed by atoms with Crippen molar-refractivity contribution in [1.29, 1.82) is 0 Å². The SMILES string of the molecule is CCCc1c(Cl)ncnc1NCCOCCN(C)C. The molecule has 1 N–H and O–H groups in total. The molecule has 1 rings (SSSR count). The van der Waals surface area contributed by atoms with Crippen molar-refractivity contribution in [2.45, 2.75) is 19.8 Å². The van der Waals surface area contributed by atoms with Crippen LogP contribution in [0.1, 0.15) is 18.9 Å². The van der Waals surface area contributed by atoms with E-state index in [4.69, 9.17) is 16.3 Å². The Morgan fingerprint density at radius 3 is 2.79 bits per heavy atom. The van der Waals surface area contributed by atoms with Crippen LogP contribution in [0.25, 0.3) is 0 Å². The molecule has 0 amide bonds. The Morgan fingerprint density at radius 2 is 2.11 bits per heavy atom. The minimum atomic E-state index is 0.535. The van der Waals surface area contributed by atoms with E-state index in [-0.39, 0.29) is 0 Å². The summed E-state index contributed by atoms with van der Waals surface area (Å²) in [6.45, 7) is 5.15. The maximum absolute atomic E-state index is 6.08. The van der Waals surface area contributed by atoms with Crippen molar-refractivity contribution in [2.75, 3.05) is 45.7 Å². The molecule has 0 aliphatic rings. The third kappa shape index (κ3) is 6.18. The van der Waals surface area contributed by atoms with Crippen LogP contribution in [0.15, 0.2) is 6.33 Å². The fourth-order valence-electron chi connectivity index (χ4n) is 1.61. The van der Waals surface area contributed by atoms with Crippen LogP contribution in [0.3, 0.4) is 0 Å². The van der Waals surface area contributed by atoms with Crippen LogP contribution < -0.4 is 5.32 Å². The third-order valence-electron chi connectivity index (χ3n) is 2.61. The molecule has 19 heavy (non-hydrogen) atoms. The Balaban J connectivity index is 2.34. The summed E-state index contributed by atoms with van der Waals surface area (Å²) in [6, 6.07) is 0. The highest BCUT2D eigenvalue weighted by atomic mass is 35.5. The molecule has 6 heteroatoms. The van der Waals surface area contributed by atoms with Crippen molar-refractivity contribution in [2.24, 2.45) is 0 Å². The van der Waals surface area contributed by atoms with Crippen LogP contribution in [-0.2, 0) is 11.2 Å². The second-order valence-electron chi connectivity index (χ2n) is 4.58. The van der Waals surface area contributed by atoms with E-state index in [0.29, 0.717) is 11.8 Å². The topological polar surface area (TPSA) is 50.3 Å². The van der Waals surface area contributed by atoms with Crippen molar-refractivity contribution in [1.82, 2.24) is 14.9 Å². The van der Waals surface area contributed by atoms with Gasteiger partial charge in [-0.1, -0.05) is 24.9 Å². The molecule has 0 radical (unpaired) electrons. The van der Waals surface area contributed by atoms with E-state index < -0.39 is 0 Å². The quantitative estimate of drug-likeness (QED) is 0.556. The van der Waals surface area contributed by atoms with Gasteiger partial charge >= 0.3 is 0 Å². The maximum Gasteiger partial charge on any atom is 0.137 e. The monoisotopic (exact) mass is 286 g/mol. The molecule has 0 saturated carbocycles. The van der Waals surface area contributed by atoms with Crippen molar-refractivity contribution in [3.05, 3.63) is 17.0 Å². The van der Waals surface area contributed by atoms with Crippen molar-refractivity contribution < 1.29 is 4.74 Å². The second kappa shape index (κ2) is 9.07. The van der Waals surface area contributed by atoms with Gasteiger partial charge in [-0.3, -0.25) is 0 Å². The van der Waals surface area contributed by atoms with Crippen molar-refractivity contribution >= 4 is 17.4 Å². The highest BCUT2D eigenvalue weighted by molar-refractivity contribution is 6.30. The number of ether oxygens (including phenoxy) is 1. The number of nitrogens with one attached hydrogen (secondary N) is 1. The largest absolute Gasteiger partial charge is 0.378 e. The molecule has 0 unspecified atom stereocenters. The van der Waals surface area contributed by atoms with Gasteiger partial charge in [-0.05, 0) is 20.5 Å². The number of likely N-dealkylation sites (N-methyl/N-ethyl adjacent to an activating group) is 1. The molecule has 0 saturated heterocycles. The Bertz CT molecular complexity index is 374. The summed E-state index contributed by atoms with van der Waals surface area (Å²) in [4.78, 5) is 10.3. The van der Waals surface area contributed by atoms with Gasteiger partial charge in [0.15, 0.2) is 0 Å². The van der Waals surface area contributed by atoms with Crippen LogP contribution >= 0.6 is 11.6 Å². The normalized spacial score (nSPS) is 11.0. The molecular weight excluding hydrogens is 264 g/mol. The molecule has 1 aromatic heterocycles. The van der Waals surface area contributed by atoms with E-state index in [0.717, 1.165) is 43.9 Å². The molecule has 0 aromatic carbocycles. The van der Waals surface area contributed by atoms with Crippen molar-refractivity contribution in [3.8, 4) is 0 Å². The zero-order valence-electron chi connectivity index (χ0n) is 11.9. The minimum absolute atomic E-state index is 0.535. The van der Waals surface area contributed by atoms with Gasteiger partial charge in [-0.2, -0.15) is 0 Å². The summed E-state index contributed by atoms with van der Waals surface area (Å²) < 4.78 is 5.52. The van der Waals surface area contributed by atoms with Gasteiger partial charge in [0.05, 0.1) is 13.2 Å². The zero-order valence-corrected chi connectivity index (χ0v) is 12.7. The summed E-state index contributed by atoms with van der Waals surface area (Å²) in [5, 5.41) is 3.79. The van der Waals surface area contributed by atoms with Crippen LogP contribution in [0.2, 0.25) is 5.15 Å². The molecule has 0 spiro atoms. The van der Waals surface area contributed by atoms with E-state index in [2.05, 4.69) is 27.1 Å². The van der Waals surface area contributed by atoms with Gasteiger partial charge < -0.3 is 15.0 Å². The van der Waals surface area contributed by atoms with Gasteiger partial charge in [0.2, 0.25) is 0 Å². The minimum Gasteiger partial charge on any atom is -0.378 e. The Hall–Kier alpha value is -0.910. The smallest absolute Gasteiger partial charge is 0.137 e. The number of hydrogen-bond acceptors (Lipinski definition) is 5. The molecule has 0 fully saturated rings. The molecular formula is C13H23ClN4O. The Morgan fingerprint density at radius 1 is 1.32 bits per heavy atom. The number of rotatable bonds is 9. The molecule has 5 nitrogen and oxygen atoms in total. The lowest BCUT2D eigenvalue weighted by Gasteiger charge is -2.12. The fourth-order valence-corrected chi connectivity index (χ4v) is 1.83. The van der Waals surface area contributed by atoms with Gasteiger partial charge in [0, 0.05) is 18.7 Å². The molecule has 0 atom stereocenters. The third-order valence-corrected chi connectivity index (χ3v) is 2.94. The van der Waals surface area contributed by atoms with E-state index in [1.165, 1.54) is 6.33 Å². The number of anilines is 1. The van der Waals surface area contributed by atoms with E-state index >= 15 is 0 Å². The van der Waals surface area contributed by atoms with Crippen LogP contribution in [-0.4, -0.2) is 55.3 Å². The summed E-state index contributed by atoms with van der Waals surface area (Å²) in [5.74, 6) is 0.818. The van der Waals surface area contributed by atoms with E-state index in [1.54, 1.807) is 0 Å². The molecule has 0 bridgehead atoms. The molecule has 108 valence electrons. The lowest BCUT2D eigenvalue weighted by Crippen LogP contribution is -2.20. The predicted octanol–water partition coefficient (Wildman–Crippen LogP) is 2.07.